The Morgan fingerprint density at radius 2 is 0.878 bits per heavy atom. The zero-order chi connectivity index (χ0) is 32.9. The fourth-order valence-corrected chi connectivity index (χ4v) is 7.56. The van der Waals surface area contributed by atoms with Gasteiger partial charge in [0.25, 0.3) is 0 Å². The number of nitrogens with zero attached hydrogens (tertiary/aromatic N) is 3. The van der Waals surface area contributed by atoms with Crippen LogP contribution in [0.3, 0.4) is 0 Å². The molecule has 0 spiro atoms. The average Bonchev–Trinajstić information content (AvgIpc) is 3.51. The van der Waals surface area contributed by atoms with Gasteiger partial charge in [-0.2, -0.15) is 10.5 Å². The van der Waals surface area contributed by atoms with E-state index in [1.165, 1.54) is 16.3 Å². The van der Waals surface area contributed by atoms with E-state index in [0.29, 0.717) is 11.1 Å². The molecule has 0 aliphatic carbocycles. The molecule has 226 valence electrons. The molecule has 9 rings (SSSR count). The fraction of sp³-hybridized carbons (Fsp3) is 0. The first-order valence-electron chi connectivity index (χ1n) is 16.3. The Morgan fingerprint density at radius 1 is 0.388 bits per heavy atom. The highest BCUT2D eigenvalue weighted by atomic mass is 15.0. The molecule has 0 aliphatic heterocycles. The minimum atomic E-state index is 0.545. The van der Waals surface area contributed by atoms with Gasteiger partial charge in [0.15, 0.2) is 0 Å². The first-order chi connectivity index (χ1) is 24.2. The van der Waals surface area contributed by atoms with Crippen molar-refractivity contribution in [3.05, 3.63) is 175 Å². The topological polar surface area (TPSA) is 52.5 Å². The van der Waals surface area contributed by atoms with Crippen LogP contribution >= 0.6 is 0 Å². The zero-order valence-electron chi connectivity index (χ0n) is 26.4. The number of fused-ring (bicyclic) bond motifs is 5. The molecule has 8 aromatic carbocycles. The molecular weight excluding hydrogens is 595 g/mol. The second-order valence-corrected chi connectivity index (χ2v) is 12.3. The van der Waals surface area contributed by atoms with E-state index in [0.717, 1.165) is 66.1 Å². The molecule has 0 fully saturated rings. The molecule has 0 unspecified atom stereocenters. The van der Waals surface area contributed by atoms with E-state index in [-0.39, 0.29) is 0 Å². The summed E-state index contributed by atoms with van der Waals surface area (Å²) in [6.45, 7) is 0. The van der Waals surface area contributed by atoms with E-state index in [1.54, 1.807) is 0 Å². The normalized spacial score (nSPS) is 11.2. The van der Waals surface area contributed by atoms with E-state index in [4.69, 9.17) is 0 Å². The second-order valence-electron chi connectivity index (χ2n) is 12.3. The van der Waals surface area contributed by atoms with Crippen molar-refractivity contribution in [2.75, 3.05) is 0 Å². The van der Waals surface area contributed by atoms with Crippen molar-refractivity contribution in [1.29, 1.82) is 10.5 Å². The van der Waals surface area contributed by atoms with Crippen molar-refractivity contribution >= 4 is 43.4 Å². The fourth-order valence-electron chi connectivity index (χ4n) is 7.56. The van der Waals surface area contributed by atoms with Gasteiger partial charge in [0.2, 0.25) is 0 Å². The van der Waals surface area contributed by atoms with Crippen LogP contribution in [0.2, 0.25) is 0 Å². The van der Waals surface area contributed by atoms with Crippen LogP contribution in [-0.4, -0.2) is 4.57 Å². The number of nitriles is 2. The minimum absolute atomic E-state index is 0.545. The molecule has 0 aliphatic rings. The van der Waals surface area contributed by atoms with E-state index in [2.05, 4.69) is 138 Å². The summed E-state index contributed by atoms with van der Waals surface area (Å²) in [5.41, 5.74) is 10.2. The Hall–Kier alpha value is -6.94. The number of hydrogen-bond acceptors (Lipinski definition) is 2. The van der Waals surface area contributed by atoms with Gasteiger partial charge in [-0.1, -0.05) is 121 Å². The maximum absolute atomic E-state index is 10.5. The summed E-state index contributed by atoms with van der Waals surface area (Å²) in [7, 11) is 0. The average molecular weight is 622 g/mol. The number of rotatable bonds is 4. The first kappa shape index (κ1) is 28.3. The lowest BCUT2D eigenvalue weighted by atomic mass is 9.85. The third kappa shape index (κ3) is 4.49. The molecule has 49 heavy (non-hydrogen) atoms. The molecule has 0 saturated heterocycles. The maximum Gasteiger partial charge on any atom is 0.0998 e. The van der Waals surface area contributed by atoms with Crippen LogP contribution in [0, 0.1) is 22.7 Å². The monoisotopic (exact) mass is 621 g/mol. The molecular formula is C46H27N3. The third-order valence-corrected chi connectivity index (χ3v) is 9.62. The van der Waals surface area contributed by atoms with Gasteiger partial charge in [0.1, 0.15) is 0 Å². The molecule has 0 atom stereocenters. The van der Waals surface area contributed by atoms with Crippen molar-refractivity contribution in [3.63, 3.8) is 0 Å². The Morgan fingerprint density at radius 3 is 1.43 bits per heavy atom. The first-order valence-corrected chi connectivity index (χ1v) is 16.3. The Bertz CT molecular complexity index is 2740. The molecule has 3 heteroatoms. The van der Waals surface area contributed by atoms with Gasteiger partial charge >= 0.3 is 0 Å². The number of aromatic nitrogens is 1. The van der Waals surface area contributed by atoms with Crippen LogP contribution in [0.1, 0.15) is 11.1 Å². The highest BCUT2D eigenvalue weighted by Gasteiger charge is 2.19. The van der Waals surface area contributed by atoms with Crippen molar-refractivity contribution in [3.8, 4) is 51.2 Å². The van der Waals surface area contributed by atoms with Gasteiger partial charge in [-0.05, 0) is 97.4 Å². The smallest absolute Gasteiger partial charge is 0.0998 e. The van der Waals surface area contributed by atoms with Crippen molar-refractivity contribution < 1.29 is 0 Å². The van der Waals surface area contributed by atoms with E-state index < -0.39 is 0 Å². The van der Waals surface area contributed by atoms with Crippen LogP contribution in [0.15, 0.2) is 164 Å². The molecule has 0 bridgehead atoms. The minimum Gasteiger partial charge on any atom is -0.309 e. The SMILES string of the molecule is N#Cc1cc(-c2ccc(-n3c4ccccc4c4ccccc43)cc2C#N)cc(-c2c3ccccc3c(-c3ccccc3)c3ccccc23)c1. The third-order valence-electron chi connectivity index (χ3n) is 9.62. The van der Waals surface area contributed by atoms with E-state index in [9.17, 15) is 10.5 Å². The van der Waals surface area contributed by atoms with Gasteiger partial charge in [-0.3, -0.25) is 0 Å². The van der Waals surface area contributed by atoms with Crippen LogP contribution < -0.4 is 0 Å². The molecule has 0 radical (unpaired) electrons. The highest BCUT2D eigenvalue weighted by molar-refractivity contribution is 6.21. The molecule has 0 N–H and O–H groups in total. The number of hydrogen-bond donors (Lipinski definition) is 0. The van der Waals surface area contributed by atoms with Crippen molar-refractivity contribution in [2.24, 2.45) is 0 Å². The molecule has 1 aromatic heterocycles. The molecule has 1 heterocycles. The lowest BCUT2D eigenvalue weighted by molar-refractivity contribution is 1.18. The number of benzene rings is 8. The van der Waals surface area contributed by atoms with Crippen LogP contribution in [0.25, 0.3) is 82.4 Å². The zero-order valence-corrected chi connectivity index (χ0v) is 26.4. The summed E-state index contributed by atoms with van der Waals surface area (Å²) in [5, 5.41) is 27.7. The standard InChI is InChI=1S/C46H27N3/c47-28-30-24-32(36-23-22-35(27-34(36)29-48)49-43-20-10-8-14-37(43)38-15-9-11-21-44(38)49)26-33(25-30)46-41-18-6-4-16-39(41)45(31-12-2-1-3-13-31)40-17-5-7-19-42(40)46/h1-27H. The predicted octanol–water partition coefficient (Wildman–Crippen LogP) is 11.8. The van der Waals surface area contributed by atoms with Gasteiger partial charge in [0.05, 0.1) is 34.3 Å². The largest absolute Gasteiger partial charge is 0.309 e. The Labute approximate surface area is 283 Å². The summed E-state index contributed by atoms with van der Waals surface area (Å²) in [6, 6.07) is 61.2. The maximum atomic E-state index is 10.5. The summed E-state index contributed by atoms with van der Waals surface area (Å²) < 4.78 is 2.22. The number of para-hydroxylation sites is 2. The van der Waals surface area contributed by atoms with Crippen LogP contribution in [-0.2, 0) is 0 Å². The molecule has 9 aromatic rings. The Balaban J connectivity index is 1.27. The quantitative estimate of drug-likeness (QED) is 0.184. The summed E-state index contributed by atoms with van der Waals surface area (Å²) in [4.78, 5) is 0. The van der Waals surface area contributed by atoms with Gasteiger partial charge in [-0.25, -0.2) is 0 Å². The van der Waals surface area contributed by atoms with Crippen molar-refractivity contribution in [2.45, 2.75) is 0 Å². The van der Waals surface area contributed by atoms with Crippen LogP contribution in [0.4, 0.5) is 0 Å². The molecule has 3 nitrogen and oxygen atoms in total. The Kier molecular flexibility index (Phi) is 6.58. The predicted molar refractivity (Wildman–Crippen MR) is 202 cm³/mol. The summed E-state index contributed by atoms with van der Waals surface area (Å²) >= 11 is 0. The van der Waals surface area contributed by atoms with Crippen molar-refractivity contribution in [1.82, 2.24) is 4.57 Å². The lowest BCUT2D eigenvalue weighted by Gasteiger charge is -2.18. The molecule has 0 saturated carbocycles. The van der Waals surface area contributed by atoms with Gasteiger partial charge in [-0.15, -0.1) is 0 Å². The summed E-state index contributed by atoms with van der Waals surface area (Å²) in [5.74, 6) is 0. The van der Waals surface area contributed by atoms with Gasteiger partial charge < -0.3 is 4.57 Å². The van der Waals surface area contributed by atoms with E-state index >= 15 is 0 Å². The molecule has 0 amide bonds. The van der Waals surface area contributed by atoms with E-state index in [1.807, 2.05) is 42.5 Å². The highest BCUT2D eigenvalue weighted by Crippen LogP contribution is 2.44. The summed E-state index contributed by atoms with van der Waals surface area (Å²) in [6.07, 6.45) is 0. The van der Waals surface area contributed by atoms with Crippen LogP contribution in [0.5, 0.6) is 0 Å². The lowest BCUT2D eigenvalue weighted by Crippen LogP contribution is -1.96. The van der Waals surface area contributed by atoms with Gasteiger partial charge in [0, 0.05) is 16.5 Å². The second kappa shape index (κ2) is 11.4.